The third-order valence-corrected chi connectivity index (χ3v) is 5.12. The van der Waals surface area contributed by atoms with Crippen LogP contribution in [0.4, 0.5) is 5.69 Å². The molecule has 0 aliphatic carbocycles. The van der Waals surface area contributed by atoms with Crippen LogP contribution in [-0.4, -0.2) is 44.3 Å². The number of fused-ring (bicyclic) bond motifs is 1. The molecule has 0 saturated carbocycles. The summed E-state index contributed by atoms with van der Waals surface area (Å²) in [6.07, 6.45) is -0.199. The summed E-state index contributed by atoms with van der Waals surface area (Å²) in [5, 5.41) is 7.89. The molecular formula is C23H21ClN2O4. The molecule has 0 radical (unpaired) electrons. The van der Waals surface area contributed by atoms with Gasteiger partial charge in [0.15, 0.2) is 0 Å². The van der Waals surface area contributed by atoms with Gasteiger partial charge in [0.2, 0.25) is 0 Å². The van der Waals surface area contributed by atoms with E-state index in [1.54, 1.807) is 18.2 Å². The second-order valence-corrected chi connectivity index (χ2v) is 7.38. The Morgan fingerprint density at radius 1 is 0.967 bits per heavy atom. The first-order valence-electron chi connectivity index (χ1n) is 9.68. The Hall–Kier alpha value is -2.93. The van der Waals surface area contributed by atoms with Crippen LogP contribution in [0.25, 0.3) is 10.8 Å². The first-order valence-corrected chi connectivity index (χ1v) is 10.1. The Morgan fingerprint density at radius 2 is 1.80 bits per heavy atom. The number of amides is 2. The number of benzene rings is 3. The maximum absolute atomic E-state index is 13.0. The van der Waals surface area contributed by atoms with Crippen molar-refractivity contribution in [3.8, 4) is 0 Å². The van der Waals surface area contributed by atoms with Crippen molar-refractivity contribution in [3.63, 3.8) is 0 Å². The molecule has 2 amide bonds. The molecule has 2 N–H and O–H groups in total. The van der Waals surface area contributed by atoms with Gasteiger partial charge >= 0.3 is 0 Å². The molecule has 4 rings (SSSR count). The second-order valence-electron chi connectivity index (χ2n) is 6.95. The minimum absolute atomic E-state index is 0.199. The summed E-state index contributed by atoms with van der Waals surface area (Å²) in [6, 6.07) is 18.0. The summed E-state index contributed by atoms with van der Waals surface area (Å²) in [4.78, 5) is 25.8. The van der Waals surface area contributed by atoms with Crippen molar-refractivity contribution < 1.29 is 19.1 Å². The van der Waals surface area contributed by atoms with Gasteiger partial charge < -0.3 is 20.1 Å². The SMILES string of the molecule is O=C(NCC1COCCO1)c1cc(Cl)ccc1NC(=O)c1cccc2ccccc12. The standard InChI is InChI=1S/C23H21ClN2O4/c24-16-8-9-21(20(12-16)22(27)25-13-17-14-29-10-11-30-17)26-23(28)19-7-3-5-15-4-1-2-6-18(15)19/h1-9,12,17H,10-11,13-14H2,(H,25,27)(H,26,28). The van der Waals surface area contributed by atoms with Gasteiger partial charge in [-0.3, -0.25) is 9.59 Å². The van der Waals surface area contributed by atoms with E-state index < -0.39 is 0 Å². The molecule has 1 atom stereocenters. The van der Waals surface area contributed by atoms with Crippen LogP contribution in [0.1, 0.15) is 20.7 Å². The van der Waals surface area contributed by atoms with Crippen molar-refractivity contribution in [3.05, 3.63) is 76.8 Å². The lowest BCUT2D eigenvalue weighted by Gasteiger charge is -2.23. The molecule has 0 bridgehead atoms. The smallest absolute Gasteiger partial charge is 0.256 e. The first kappa shape index (κ1) is 20.3. The molecule has 1 heterocycles. The number of carbonyl (C=O) groups excluding carboxylic acids is 2. The third-order valence-electron chi connectivity index (χ3n) is 4.88. The monoisotopic (exact) mass is 424 g/mol. The minimum Gasteiger partial charge on any atom is -0.376 e. The molecular weight excluding hydrogens is 404 g/mol. The average Bonchev–Trinajstić information content (AvgIpc) is 2.79. The van der Waals surface area contributed by atoms with Gasteiger partial charge in [0.1, 0.15) is 0 Å². The topological polar surface area (TPSA) is 76.7 Å². The molecule has 0 aromatic heterocycles. The largest absolute Gasteiger partial charge is 0.376 e. The van der Waals surface area contributed by atoms with Crippen molar-refractivity contribution in [2.24, 2.45) is 0 Å². The van der Waals surface area contributed by atoms with Gasteiger partial charge in [-0.15, -0.1) is 0 Å². The number of hydrogen-bond donors (Lipinski definition) is 2. The van der Waals surface area contributed by atoms with E-state index in [0.29, 0.717) is 42.6 Å². The molecule has 30 heavy (non-hydrogen) atoms. The number of halogens is 1. The highest BCUT2D eigenvalue weighted by atomic mass is 35.5. The van der Waals surface area contributed by atoms with Gasteiger partial charge in [-0.1, -0.05) is 48.0 Å². The van der Waals surface area contributed by atoms with Crippen molar-refractivity contribution >= 4 is 39.9 Å². The third kappa shape index (κ3) is 4.62. The van der Waals surface area contributed by atoms with Crippen LogP contribution in [0.15, 0.2) is 60.7 Å². The summed E-state index contributed by atoms with van der Waals surface area (Å²) in [6.45, 7) is 1.80. The van der Waals surface area contributed by atoms with E-state index in [0.717, 1.165) is 10.8 Å². The Bertz CT molecular complexity index is 1070. The molecule has 7 heteroatoms. The fourth-order valence-corrected chi connectivity index (χ4v) is 3.55. The summed E-state index contributed by atoms with van der Waals surface area (Å²) >= 11 is 6.10. The molecule has 3 aromatic carbocycles. The minimum atomic E-state index is -0.347. The van der Waals surface area contributed by atoms with Gasteiger partial charge in [-0.2, -0.15) is 0 Å². The van der Waals surface area contributed by atoms with Gasteiger partial charge in [-0.05, 0) is 35.0 Å². The van der Waals surface area contributed by atoms with Crippen molar-refractivity contribution in [2.75, 3.05) is 31.7 Å². The number of carbonyl (C=O) groups is 2. The molecule has 3 aromatic rings. The average molecular weight is 425 g/mol. The lowest BCUT2D eigenvalue weighted by atomic mass is 10.0. The van der Waals surface area contributed by atoms with Crippen LogP contribution >= 0.6 is 11.6 Å². The maximum atomic E-state index is 13.0. The molecule has 6 nitrogen and oxygen atoms in total. The zero-order chi connectivity index (χ0) is 20.9. The van der Waals surface area contributed by atoms with E-state index >= 15 is 0 Å². The van der Waals surface area contributed by atoms with E-state index in [1.807, 2.05) is 36.4 Å². The Balaban J connectivity index is 1.54. The highest BCUT2D eigenvalue weighted by molar-refractivity contribution is 6.31. The van der Waals surface area contributed by atoms with Crippen molar-refractivity contribution in [1.82, 2.24) is 5.32 Å². The Kier molecular flexibility index (Phi) is 6.28. The zero-order valence-electron chi connectivity index (χ0n) is 16.2. The fourth-order valence-electron chi connectivity index (χ4n) is 3.38. The molecule has 1 aliphatic rings. The van der Waals surface area contributed by atoms with E-state index in [2.05, 4.69) is 10.6 Å². The van der Waals surface area contributed by atoms with E-state index in [4.69, 9.17) is 21.1 Å². The van der Waals surface area contributed by atoms with Crippen molar-refractivity contribution in [2.45, 2.75) is 6.10 Å². The van der Waals surface area contributed by atoms with Gasteiger partial charge in [-0.25, -0.2) is 0 Å². The highest BCUT2D eigenvalue weighted by Crippen LogP contribution is 2.24. The normalized spacial score (nSPS) is 16.2. The van der Waals surface area contributed by atoms with Gasteiger partial charge in [0.25, 0.3) is 11.8 Å². The summed E-state index contributed by atoms with van der Waals surface area (Å²) in [5.41, 5.74) is 1.20. The summed E-state index contributed by atoms with van der Waals surface area (Å²) < 4.78 is 10.9. The molecule has 1 saturated heterocycles. The number of nitrogens with one attached hydrogen (secondary N) is 2. The quantitative estimate of drug-likeness (QED) is 0.651. The van der Waals surface area contributed by atoms with Crippen molar-refractivity contribution in [1.29, 1.82) is 0 Å². The van der Waals surface area contributed by atoms with Crippen LogP contribution in [-0.2, 0) is 9.47 Å². The first-order chi connectivity index (χ1) is 14.6. The maximum Gasteiger partial charge on any atom is 0.256 e. The Labute approximate surface area is 179 Å². The second kappa shape index (κ2) is 9.26. The fraction of sp³-hybridized carbons (Fsp3) is 0.217. The van der Waals surface area contributed by atoms with Crippen LogP contribution in [0, 0.1) is 0 Å². The van der Waals surface area contributed by atoms with E-state index in [9.17, 15) is 9.59 Å². The number of anilines is 1. The predicted octanol–water partition coefficient (Wildman–Crippen LogP) is 3.89. The summed E-state index contributed by atoms with van der Waals surface area (Å²) in [7, 11) is 0. The van der Waals surface area contributed by atoms with Crippen LogP contribution in [0.5, 0.6) is 0 Å². The number of rotatable bonds is 5. The van der Waals surface area contributed by atoms with Crippen LogP contribution < -0.4 is 10.6 Å². The number of ether oxygens (including phenoxy) is 2. The molecule has 1 fully saturated rings. The lowest BCUT2D eigenvalue weighted by molar-refractivity contribution is -0.0855. The highest BCUT2D eigenvalue weighted by Gasteiger charge is 2.19. The Morgan fingerprint density at radius 3 is 2.63 bits per heavy atom. The van der Waals surface area contributed by atoms with Gasteiger partial charge in [0, 0.05) is 17.1 Å². The lowest BCUT2D eigenvalue weighted by Crippen LogP contribution is -2.39. The van der Waals surface area contributed by atoms with Crippen LogP contribution in [0.2, 0.25) is 5.02 Å². The van der Waals surface area contributed by atoms with E-state index in [1.165, 1.54) is 6.07 Å². The predicted molar refractivity (Wildman–Crippen MR) is 116 cm³/mol. The van der Waals surface area contributed by atoms with Gasteiger partial charge in [0.05, 0.1) is 37.2 Å². The number of hydrogen-bond acceptors (Lipinski definition) is 4. The zero-order valence-corrected chi connectivity index (χ0v) is 16.9. The molecule has 154 valence electrons. The molecule has 1 aliphatic heterocycles. The van der Waals surface area contributed by atoms with Crippen LogP contribution in [0.3, 0.4) is 0 Å². The summed E-state index contributed by atoms with van der Waals surface area (Å²) in [5.74, 6) is -0.646. The molecule has 1 unspecified atom stereocenters. The molecule has 0 spiro atoms. The van der Waals surface area contributed by atoms with E-state index in [-0.39, 0.29) is 23.5 Å².